The van der Waals surface area contributed by atoms with Gasteiger partial charge in [0.05, 0.1) is 12.1 Å². The van der Waals surface area contributed by atoms with E-state index in [1.165, 1.54) is 33.5 Å². The summed E-state index contributed by atoms with van der Waals surface area (Å²) in [7, 11) is 0. The van der Waals surface area contributed by atoms with Crippen molar-refractivity contribution in [2.45, 2.75) is 6.54 Å². The zero-order chi connectivity index (χ0) is 18.1. The van der Waals surface area contributed by atoms with Crippen LogP contribution in [0.2, 0.25) is 0 Å². The smallest absolute Gasteiger partial charge is 0.349 e. The number of hydrogen-bond donors (Lipinski definition) is 0. The second kappa shape index (κ2) is 6.36. The Labute approximate surface area is 147 Å². The summed E-state index contributed by atoms with van der Waals surface area (Å²) in [6.07, 6.45) is 6.13. The highest BCUT2D eigenvalue weighted by atomic mass is 19.1. The molecule has 0 aliphatic rings. The number of fused-ring (bicyclic) bond motifs is 1. The number of hydrogen-bond acceptors (Lipinski definition) is 4. The van der Waals surface area contributed by atoms with Gasteiger partial charge in [-0.3, -0.25) is 0 Å². The molecule has 1 aromatic carbocycles. The average molecular weight is 348 g/mol. The molecule has 26 heavy (non-hydrogen) atoms. The van der Waals surface area contributed by atoms with Crippen molar-refractivity contribution < 1.29 is 14.1 Å². The van der Waals surface area contributed by atoms with Gasteiger partial charge < -0.3 is 5.11 Å². The monoisotopic (exact) mass is 348 g/mol. The minimum Gasteiger partial charge on any atom is -0.842 e. The Morgan fingerprint density at radius 1 is 1.08 bits per heavy atom. The largest absolute Gasteiger partial charge is 0.842 e. The van der Waals surface area contributed by atoms with Gasteiger partial charge in [0.1, 0.15) is 24.3 Å². The molecule has 0 amide bonds. The molecule has 4 rings (SSSR count). The third kappa shape index (κ3) is 2.59. The molecule has 0 aliphatic heterocycles. The van der Waals surface area contributed by atoms with Gasteiger partial charge in [-0.15, -0.1) is 0 Å². The number of rotatable bonds is 3. The summed E-state index contributed by atoms with van der Waals surface area (Å²) >= 11 is 0. The van der Waals surface area contributed by atoms with E-state index in [4.69, 9.17) is 0 Å². The highest BCUT2D eigenvalue weighted by molar-refractivity contribution is 5.67. The van der Waals surface area contributed by atoms with Crippen LogP contribution < -0.4 is 15.2 Å². The number of pyridine rings is 1. The van der Waals surface area contributed by atoms with Crippen molar-refractivity contribution in [1.82, 2.24) is 14.4 Å². The molecule has 0 radical (unpaired) electrons. The van der Waals surface area contributed by atoms with E-state index in [1.807, 2.05) is 0 Å². The molecule has 7 heteroatoms. The zero-order valence-corrected chi connectivity index (χ0v) is 13.5. The van der Waals surface area contributed by atoms with Crippen LogP contribution in [0, 0.1) is 5.82 Å². The van der Waals surface area contributed by atoms with E-state index in [1.54, 1.807) is 42.9 Å². The van der Waals surface area contributed by atoms with E-state index in [-0.39, 0.29) is 17.7 Å². The molecule has 128 valence electrons. The minimum atomic E-state index is -0.618. The normalized spacial score (nSPS) is 11.0. The first-order chi connectivity index (χ1) is 12.7. The molecule has 3 heterocycles. The molecule has 0 unspecified atom stereocenters. The number of halogens is 1. The maximum absolute atomic E-state index is 14.3. The zero-order valence-electron chi connectivity index (χ0n) is 13.5. The first-order valence-corrected chi connectivity index (χ1v) is 7.90. The van der Waals surface area contributed by atoms with Crippen LogP contribution in [0.1, 0.15) is 5.56 Å². The highest BCUT2D eigenvalue weighted by Crippen LogP contribution is 2.24. The Bertz CT molecular complexity index is 1160. The number of benzene rings is 1. The summed E-state index contributed by atoms with van der Waals surface area (Å²) in [5, 5.41) is 13.1. The molecule has 0 saturated carbocycles. The second-order valence-electron chi connectivity index (χ2n) is 5.73. The fraction of sp³-hybridized carbons (Fsp3) is 0.0526. The van der Waals surface area contributed by atoms with Gasteiger partial charge >= 0.3 is 5.56 Å². The lowest BCUT2D eigenvalue weighted by molar-refractivity contribution is -0.708. The minimum absolute atomic E-state index is 0.0150. The molecular weight excluding hydrogens is 335 g/mol. The van der Waals surface area contributed by atoms with Gasteiger partial charge in [-0.25, -0.2) is 23.7 Å². The SMILES string of the molecule is O=c1c(-c2ccccc2F)c([O-])[n+](Cc2cncnc2)c2ccccn12. The van der Waals surface area contributed by atoms with Gasteiger partial charge in [-0.1, -0.05) is 24.3 Å². The lowest BCUT2D eigenvalue weighted by Crippen LogP contribution is -2.44. The summed E-state index contributed by atoms with van der Waals surface area (Å²) in [5.41, 5.74) is 0.323. The van der Waals surface area contributed by atoms with Crippen LogP contribution in [0.25, 0.3) is 16.8 Å². The fourth-order valence-electron chi connectivity index (χ4n) is 2.92. The molecule has 0 bridgehead atoms. The highest BCUT2D eigenvalue weighted by Gasteiger charge is 2.21. The van der Waals surface area contributed by atoms with Crippen molar-refractivity contribution in [3.05, 3.63) is 89.1 Å². The molecular formula is C19H13FN4O2. The lowest BCUT2D eigenvalue weighted by atomic mass is 10.1. The van der Waals surface area contributed by atoms with Crippen molar-refractivity contribution >= 4 is 5.65 Å². The summed E-state index contributed by atoms with van der Waals surface area (Å²) in [4.78, 5) is 20.8. The van der Waals surface area contributed by atoms with Crippen LogP contribution >= 0.6 is 0 Å². The van der Waals surface area contributed by atoms with Crippen LogP contribution in [0.4, 0.5) is 4.39 Å². The summed E-state index contributed by atoms with van der Waals surface area (Å²) in [6, 6.07) is 10.8. The Balaban J connectivity index is 2.05. The van der Waals surface area contributed by atoms with E-state index in [0.717, 1.165) is 0 Å². The van der Waals surface area contributed by atoms with Gasteiger partial charge in [-0.05, 0) is 12.1 Å². The molecule has 0 atom stereocenters. The van der Waals surface area contributed by atoms with Crippen LogP contribution in [-0.2, 0) is 6.54 Å². The summed E-state index contributed by atoms with van der Waals surface area (Å²) in [6.45, 7) is 0.162. The third-order valence-corrected chi connectivity index (χ3v) is 4.10. The maximum atomic E-state index is 14.3. The van der Waals surface area contributed by atoms with E-state index in [0.29, 0.717) is 11.2 Å². The van der Waals surface area contributed by atoms with Crippen molar-refractivity contribution in [3.63, 3.8) is 0 Å². The Kier molecular flexibility index (Phi) is 3.89. The van der Waals surface area contributed by atoms with Crippen molar-refractivity contribution in [2.75, 3.05) is 0 Å². The lowest BCUT2D eigenvalue weighted by Gasteiger charge is -2.17. The molecule has 0 fully saturated rings. The van der Waals surface area contributed by atoms with Gasteiger partial charge in [0.2, 0.25) is 0 Å². The molecule has 0 saturated heterocycles. The number of aromatic nitrogens is 4. The predicted octanol–water partition coefficient (Wildman–Crippen LogP) is 1.30. The average Bonchev–Trinajstić information content (AvgIpc) is 2.67. The van der Waals surface area contributed by atoms with Gasteiger partial charge in [-0.2, -0.15) is 4.40 Å². The molecule has 0 N–H and O–H groups in total. The van der Waals surface area contributed by atoms with Crippen LogP contribution in [-0.4, -0.2) is 14.4 Å². The molecule has 4 aromatic rings. The van der Waals surface area contributed by atoms with Crippen LogP contribution in [0.5, 0.6) is 5.88 Å². The standard InChI is InChI=1S/C19H13FN4O2/c20-15-6-2-1-5-14(15)17-18(25)23-8-4-3-7-16(23)24(19(17)26)11-13-9-21-12-22-10-13/h1-10,12H,11H2. The van der Waals surface area contributed by atoms with Gasteiger partial charge in [0, 0.05) is 29.6 Å². The van der Waals surface area contributed by atoms with Crippen molar-refractivity contribution in [1.29, 1.82) is 0 Å². The maximum Gasteiger partial charge on any atom is 0.349 e. The molecule has 6 nitrogen and oxygen atoms in total. The third-order valence-electron chi connectivity index (χ3n) is 4.10. The number of nitrogens with zero attached hydrogens (tertiary/aromatic N) is 4. The topological polar surface area (TPSA) is 74.2 Å². The Morgan fingerprint density at radius 3 is 2.58 bits per heavy atom. The molecule has 0 spiro atoms. The van der Waals surface area contributed by atoms with Crippen LogP contribution in [0.3, 0.4) is 0 Å². The summed E-state index contributed by atoms with van der Waals surface area (Å²) < 4.78 is 17.0. The van der Waals surface area contributed by atoms with E-state index < -0.39 is 17.3 Å². The summed E-state index contributed by atoms with van der Waals surface area (Å²) in [5.74, 6) is -1.18. The Morgan fingerprint density at radius 2 is 1.81 bits per heavy atom. The fourth-order valence-corrected chi connectivity index (χ4v) is 2.92. The predicted molar refractivity (Wildman–Crippen MR) is 89.8 cm³/mol. The van der Waals surface area contributed by atoms with Crippen LogP contribution in [0.15, 0.2) is 72.2 Å². The quantitative estimate of drug-likeness (QED) is 0.523. The molecule has 3 aromatic heterocycles. The van der Waals surface area contributed by atoms with E-state index >= 15 is 0 Å². The Hall–Kier alpha value is -3.61. The molecule has 0 aliphatic carbocycles. The van der Waals surface area contributed by atoms with E-state index in [9.17, 15) is 14.3 Å². The van der Waals surface area contributed by atoms with Gasteiger partial charge in [0.25, 0.3) is 5.65 Å². The van der Waals surface area contributed by atoms with Crippen molar-refractivity contribution in [2.24, 2.45) is 0 Å². The van der Waals surface area contributed by atoms with E-state index in [2.05, 4.69) is 9.97 Å². The second-order valence-corrected chi connectivity index (χ2v) is 5.73. The first-order valence-electron chi connectivity index (χ1n) is 7.90. The van der Waals surface area contributed by atoms with Crippen molar-refractivity contribution in [3.8, 4) is 17.0 Å². The first kappa shape index (κ1) is 15.9. The van der Waals surface area contributed by atoms with Gasteiger partial charge in [0.15, 0.2) is 0 Å².